The number of benzene rings is 1. The van der Waals surface area contributed by atoms with Crippen LogP contribution in [0.25, 0.3) is 22.5 Å². The van der Waals surface area contributed by atoms with Crippen LogP contribution in [0.5, 0.6) is 0 Å². The van der Waals surface area contributed by atoms with Gasteiger partial charge in [-0.15, -0.1) is 0 Å². The van der Waals surface area contributed by atoms with Crippen molar-refractivity contribution in [2.45, 2.75) is 24.8 Å². The number of carbonyl (C=O) groups excluding carboxylic acids is 1. The summed E-state index contributed by atoms with van der Waals surface area (Å²) in [6.07, 6.45) is 4.73. The number of ether oxygens (including phenoxy) is 1. The van der Waals surface area contributed by atoms with E-state index in [1.165, 1.54) is 33.8 Å². The first-order chi connectivity index (χ1) is 16.6. The van der Waals surface area contributed by atoms with Crippen LogP contribution in [0.4, 0.5) is 5.69 Å². The molecule has 174 valence electrons. The molecule has 0 saturated carbocycles. The number of aromatic nitrogens is 2. The molecule has 5 heterocycles. The molecule has 2 fully saturated rings. The molecule has 34 heavy (non-hydrogen) atoms. The number of anilines is 1. The lowest BCUT2D eigenvalue weighted by Gasteiger charge is -2.45. The molecule has 0 radical (unpaired) electrons. The van der Waals surface area contributed by atoms with Crippen LogP contribution < -0.4 is 15.5 Å². The lowest BCUT2D eigenvalue weighted by Crippen LogP contribution is -2.71. The van der Waals surface area contributed by atoms with Crippen molar-refractivity contribution in [2.75, 3.05) is 44.3 Å². The van der Waals surface area contributed by atoms with E-state index in [4.69, 9.17) is 9.72 Å². The number of carbonyl (C=O) groups is 1. The Labute approximate surface area is 199 Å². The normalized spacial score (nSPS) is 20.3. The molecular formula is C27H29N5O2. The molecule has 0 bridgehead atoms. The highest BCUT2D eigenvalue weighted by molar-refractivity contribution is 6.01. The van der Waals surface area contributed by atoms with Crippen LogP contribution in [-0.2, 0) is 31.0 Å². The Balaban J connectivity index is 1.31. The Bertz CT molecular complexity index is 1320. The van der Waals surface area contributed by atoms with Gasteiger partial charge in [-0.1, -0.05) is 12.1 Å². The smallest absolute Gasteiger partial charge is 0.253 e. The van der Waals surface area contributed by atoms with Crippen LogP contribution in [0.2, 0.25) is 0 Å². The van der Waals surface area contributed by atoms with Crippen LogP contribution in [0.15, 0.2) is 36.5 Å². The van der Waals surface area contributed by atoms with Gasteiger partial charge in [-0.05, 0) is 42.2 Å². The first kappa shape index (κ1) is 20.2. The Hall–Kier alpha value is -3.16. The maximum Gasteiger partial charge on any atom is 0.253 e. The van der Waals surface area contributed by atoms with E-state index in [-0.39, 0.29) is 11.4 Å². The summed E-state index contributed by atoms with van der Waals surface area (Å²) in [6.45, 7) is 5.06. The van der Waals surface area contributed by atoms with E-state index in [1.807, 2.05) is 6.20 Å². The standard InChI is InChI=1S/C27H29N5O2/c1-31-23-13-27(15-28-16-27)30-26(33)24(23)20-6-5-18-14-29-22(12-21(18)25(20)31)17-3-2-4-19(11-17)32-7-9-34-10-8-32/h2-4,11-12,14,28H,5-10,13,15-16H2,1H3,(H,30,33). The second-order valence-corrected chi connectivity index (χ2v) is 10.1. The van der Waals surface area contributed by atoms with Crippen molar-refractivity contribution >= 4 is 11.6 Å². The zero-order chi connectivity index (χ0) is 22.9. The Morgan fingerprint density at radius 2 is 1.97 bits per heavy atom. The van der Waals surface area contributed by atoms with Crippen molar-refractivity contribution in [3.63, 3.8) is 0 Å². The zero-order valence-corrected chi connectivity index (χ0v) is 19.5. The van der Waals surface area contributed by atoms with Gasteiger partial charge in [-0.2, -0.15) is 0 Å². The first-order valence-corrected chi connectivity index (χ1v) is 12.3. The van der Waals surface area contributed by atoms with Crippen molar-refractivity contribution in [1.29, 1.82) is 0 Å². The Morgan fingerprint density at radius 1 is 1.12 bits per heavy atom. The van der Waals surface area contributed by atoms with Crippen LogP contribution in [0.3, 0.4) is 0 Å². The van der Waals surface area contributed by atoms with Crippen molar-refractivity contribution in [1.82, 2.24) is 20.2 Å². The van der Waals surface area contributed by atoms with Gasteiger partial charge >= 0.3 is 0 Å². The molecule has 1 amide bonds. The summed E-state index contributed by atoms with van der Waals surface area (Å²) in [6, 6.07) is 10.9. The van der Waals surface area contributed by atoms with Gasteiger partial charge in [0.05, 0.1) is 35.7 Å². The summed E-state index contributed by atoms with van der Waals surface area (Å²) in [5.41, 5.74) is 10.1. The molecule has 0 atom stereocenters. The molecule has 4 aliphatic rings. The topological polar surface area (TPSA) is 71.4 Å². The maximum absolute atomic E-state index is 13.2. The number of aryl methyl sites for hydroxylation is 1. The van der Waals surface area contributed by atoms with Gasteiger partial charge in [-0.3, -0.25) is 9.78 Å². The second-order valence-electron chi connectivity index (χ2n) is 10.1. The fourth-order valence-corrected chi connectivity index (χ4v) is 6.17. The minimum atomic E-state index is -0.120. The lowest BCUT2D eigenvalue weighted by atomic mass is 9.81. The molecule has 3 aromatic rings. The summed E-state index contributed by atoms with van der Waals surface area (Å²) >= 11 is 0. The van der Waals surface area contributed by atoms with Crippen molar-refractivity contribution in [3.05, 3.63) is 58.9 Å². The number of hydrogen-bond donors (Lipinski definition) is 2. The monoisotopic (exact) mass is 455 g/mol. The highest BCUT2D eigenvalue weighted by Crippen LogP contribution is 2.42. The SMILES string of the molecule is Cn1c2c(c3c1-c1cc(-c4cccc(N5CCOCC5)c4)ncc1CC3)C(=O)NC1(CNC1)C2. The van der Waals surface area contributed by atoms with Gasteiger partial charge in [-0.25, -0.2) is 0 Å². The predicted molar refractivity (Wildman–Crippen MR) is 131 cm³/mol. The van der Waals surface area contributed by atoms with E-state index in [2.05, 4.69) is 57.5 Å². The van der Waals surface area contributed by atoms with Gasteiger partial charge in [0.15, 0.2) is 0 Å². The van der Waals surface area contributed by atoms with Gasteiger partial charge in [0.2, 0.25) is 0 Å². The Kier molecular flexibility index (Phi) is 4.41. The van der Waals surface area contributed by atoms with Crippen LogP contribution in [0, 0.1) is 0 Å². The number of fused-ring (bicyclic) bond motifs is 5. The number of amides is 1. The lowest BCUT2D eigenvalue weighted by molar-refractivity contribution is 0.0824. The summed E-state index contributed by atoms with van der Waals surface area (Å²) in [4.78, 5) is 20.4. The van der Waals surface area contributed by atoms with Crippen LogP contribution >= 0.6 is 0 Å². The van der Waals surface area contributed by atoms with Crippen molar-refractivity contribution < 1.29 is 9.53 Å². The van der Waals surface area contributed by atoms with Gasteiger partial charge in [0.1, 0.15) is 0 Å². The van der Waals surface area contributed by atoms with Gasteiger partial charge in [0.25, 0.3) is 5.91 Å². The molecular weight excluding hydrogens is 426 g/mol. The number of nitrogens with one attached hydrogen (secondary N) is 2. The summed E-state index contributed by atoms with van der Waals surface area (Å²) in [7, 11) is 2.13. The van der Waals surface area contributed by atoms with E-state index in [0.717, 1.165) is 75.5 Å². The van der Waals surface area contributed by atoms with E-state index < -0.39 is 0 Å². The third kappa shape index (κ3) is 2.96. The summed E-state index contributed by atoms with van der Waals surface area (Å²) in [5.74, 6) is 0.0931. The quantitative estimate of drug-likeness (QED) is 0.621. The van der Waals surface area contributed by atoms with Crippen LogP contribution in [0.1, 0.15) is 27.2 Å². The molecule has 2 saturated heterocycles. The number of morpholine rings is 1. The first-order valence-electron chi connectivity index (χ1n) is 12.3. The van der Waals surface area contributed by atoms with Crippen molar-refractivity contribution in [2.24, 2.45) is 7.05 Å². The molecule has 3 aliphatic heterocycles. The van der Waals surface area contributed by atoms with E-state index in [1.54, 1.807) is 0 Å². The highest BCUT2D eigenvalue weighted by atomic mass is 16.5. The molecule has 7 nitrogen and oxygen atoms in total. The largest absolute Gasteiger partial charge is 0.378 e. The number of nitrogens with zero attached hydrogens (tertiary/aromatic N) is 3. The summed E-state index contributed by atoms with van der Waals surface area (Å²) in [5, 5.41) is 6.64. The van der Waals surface area contributed by atoms with Gasteiger partial charge < -0.3 is 24.8 Å². The Morgan fingerprint density at radius 3 is 2.76 bits per heavy atom. The fraction of sp³-hybridized carbons (Fsp3) is 0.407. The molecule has 1 aliphatic carbocycles. The fourth-order valence-electron chi connectivity index (χ4n) is 6.17. The van der Waals surface area contributed by atoms with Gasteiger partial charge in [0, 0.05) is 68.4 Å². The highest BCUT2D eigenvalue weighted by Gasteiger charge is 2.46. The molecule has 1 spiro atoms. The molecule has 7 rings (SSSR count). The third-order valence-corrected chi connectivity index (χ3v) is 8.06. The van der Waals surface area contributed by atoms with E-state index in [9.17, 15) is 4.79 Å². The molecule has 2 aromatic heterocycles. The molecule has 2 N–H and O–H groups in total. The zero-order valence-electron chi connectivity index (χ0n) is 19.5. The predicted octanol–water partition coefficient (Wildman–Crippen LogP) is 2.32. The summed E-state index contributed by atoms with van der Waals surface area (Å²) < 4.78 is 7.81. The number of hydrogen-bond acceptors (Lipinski definition) is 5. The average Bonchev–Trinajstić information content (AvgIpc) is 3.16. The average molecular weight is 456 g/mol. The second kappa shape index (κ2) is 7.42. The number of pyridine rings is 1. The van der Waals surface area contributed by atoms with Crippen LogP contribution in [-0.4, -0.2) is 60.4 Å². The molecule has 1 aromatic carbocycles. The molecule has 0 unspecified atom stereocenters. The minimum Gasteiger partial charge on any atom is -0.378 e. The van der Waals surface area contributed by atoms with Crippen molar-refractivity contribution in [3.8, 4) is 22.5 Å². The maximum atomic E-state index is 13.2. The third-order valence-electron chi connectivity index (χ3n) is 8.06. The minimum absolute atomic E-state index is 0.0931. The number of rotatable bonds is 2. The molecule has 7 heteroatoms. The van der Waals surface area contributed by atoms with E-state index in [0.29, 0.717) is 0 Å². The van der Waals surface area contributed by atoms with E-state index >= 15 is 0 Å².